The van der Waals surface area contributed by atoms with Gasteiger partial charge in [-0.1, -0.05) is 18.2 Å². The average molecular weight is 265 g/mol. The predicted molar refractivity (Wildman–Crippen MR) is 65.9 cm³/mol. The number of aliphatic hydroxyl groups excluding tert-OH is 1. The van der Waals surface area contributed by atoms with Crippen LogP contribution in [0, 0.1) is 0 Å². The van der Waals surface area contributed by atoms with E-state index in [1.165, 1.54) is 0 Å². The average Bonchev–Trinajstić information content (AvgIpc) is 2.43. The molecule has 1 amide bonds. The number of aliphatic carboxylic acids is 1. The van der Waals surface area contributed by atoms with Crippen molar-refractivity contribution in [3.63, 3.8) is 0 Å². The van der Waals surface area contributed by atoms with E-state index in [1.807, 2.05) is 18.2 Å². The number of hydrogen-bond donors (Lipinski definition) is 3. The quantitative estimate of drug-likeness (QED) is 0.718. The SMILES string of the molecule is O=C(NC[C@H](O)C(=O)O)C1CCOc2ccccc21. The molecule has 1 heterocycles. The zero-order chi connectivity index (χ0) is 13.8. The number of amides is 1. The smallest absolute Gasteiger partial charge is 0.334 e. The summed E-state index contributed by atoms with van der Waals surface area (Å²) in [5.41, 5.74) is 0.788. The molecule has 1 aromatic rings. The maximum absolute atomic E-state index is 12.0. The summed E-state index contributed by atoms with van der Waals surface area (Å²) in [7, 11) is 0. The minimum atomic E-state index is -1.58. The first-order valence-electron chi connectivity index (χ1n) is 6.00. The number of rotatable bonds is 4. The van der Waals surface area contributed by atoms with Gasteiger partial charge in [0, 0.05) is 5.56 Å². The second-order valence-corrected chi connectivity index (χ2v) is 4.33. The third kappa shape index (κ3) is 3.03. The van der Waals surface area contributed by atoms with E-state index in [1.54, 1.807) is 6.07 Å². The van der Waals surface area contributed by atoms with Gasteiger partial charge in [0.1, 0.15) is 5.75 Å². The summed E-state index contributed by atoms with van der Waals surface area (Å²) in [6, 6.07) is 7.25. The van der Waals surface area contributed by atoms with Crippen molar-refractivity contribution in [3.05, 3.63) is 29.8 Å². The van der Waals surface area contributed by atoms with Crippen molar-refractivity contribution in [2.45, 2.75) is 18.4 Å². The number of aliphatic hydroxyl groups is 1. The van der Waals surface area contributed by atoms with Gasteiger partial charge in [0.2, 0.25) is 5.91 Å². The number of hydrogen-bond acceptors (Lipinski definition) is 4. The lowest BCUT2D eigenvalue weighted by Crippen LogP contribution is -2.39. The third-order valence-corrected chi connectivity index (χ3v) is 3.03. The molecule has 1 aliphatic rings. The van der Waals surface area contributed by atoms with Crippen LogP contribution < -0.4 is 10.1 Å². The lowest BCUT2D eigenvalue weighted by Gasteiger charge is -2.25. The maximum atomic E-state index is 12.0. The van der Waals surface area contributed by atoms with Crippen molar-refractivity contribution < 1.29 is 24.5 Å². The number of nitrogens with one attached hydrogen (secondary N) is 1. The number of benzene rings is 1. The molecule has 1 aromatic carbocycles. The van der Waals surface area contributed by atoms with Gasteiger partial charge >= 0.3 is 5.97 Å². The number of carbonyl (C=O) groups excluding carboxylic acids is 1. The van der Waals surface area contributed by atoms with E-state index in [0.717, 1.165) is 5.56 Å². The van der Waals surface area contributed by atoms with Crippen LogP contribution in [0.15, 0.2) is 24.3 Å². The molecular weight excluding hydrogens is 250 g/mol. The maximum Gasteiger partial charge on any atom is 0.334 e. The Morgan fingerprint density at radius 2 is 2.16 bits per heavy atom. The Morgan fingerprint density at radius 1 is 1.42 bits per heavy atom. The van der Waals surface area contributed by atoms with Gasteiger partial charge in [0.05, 0.1) is 19.1 Å². The van der Waals surface area contributed by atoms with Crippen LogP contribution in [0.5, 0.6) is 5.75 Å². The molecule has 0 aliphatic carbocycles. The van der Waals surface area contributed by atoms with Crippen molar-refractivity contribution in [3.8, 4) is 5.75 Å². The molecule has 0 fully saturated rings. The molecule has 3 N–H and O–H groups in total. The Kier molecular flexibility index (Phi) is 4.01. The minimum absolute atomic E-state index is 0.295. The molecule has 0 radical (unpaired) electrons. The summed E-state index contributed by atoms with van der Waals surface area (Å²) in [6.07, 6.45) is -1.05. The van der Waals surface area contributed by atoms with E-state index >= 15 is 0 Å². The lowest BCUT2D eigenvalue weighted by atomic mass is 9.92. The highest BCUT2D eigenvalue weighted by atomic mass is 16.5. The first-order valence-corrected chi connectivity index (χ1v) is 6.00. The van der Waals surface area contributed by atoms with Crippen molar-refractivity contribution in [2.24, 2.45) is 0 Å². The molecule has 6 heteroatoms. The molecule has 0 saturated heterocycles. The van der Waals surface area contributed by atoms with Crippen LogP contribution >= 0.6 is 0 Å². The summed E-state index contributed by atoms with van der Waals surface area (Å²) >= 11 is 0. The van der Waals surface area contributed by atoms with Crippen molar-refractivity contribution in [1.82, 2.24) is 5.32 Å². The van der Waals surface area contributed by atoms with E-state index in [2.05, 4.69) is 5.32 Å². The molecule has 6 nitrogen and oxygen atoms in total. The Morgan fingerprint density at radius 3 is 2.89 bits per heavy atom. The number of fused-ring (bicyclic) bond motifs is 1. The molecule has 102 valence electrons. The number of carboxylic acids is 1. The normalized spacial score (nSPS) is 18.9. The molecule has 0 bridgehead atoms. The van der Waals surface area contributed by atoms with Gasteiger partial charge in [-0.15, -0.1) is 0 Å². The van der Waals surface area contributed by atoms with Crippen LogP contribution in [0.25, 0.3) is 0 Å². The van der Waals surface area contributed by atoms with Crippen LogP contribution in [-0.4, -0.2) is 41.3 Å². The van der Waals surface area contributed by atoms with E-state index < -0.39 is 12.1 Å². The second kappa shape index (κ2) is 5.71. The topological polar surface area (TPSA) is 95.9 Å². The first kappa shape index (κ1) is 13.4. The molecule has 0 aromatic heterocycles. The van der Waals surface area contributed by atoms with Crippen LogP contribution in [0.3, 0.4) is 0 Å². The molecule has 2 atom stereocenters. The fraction of sp³-hybridized carbons (Fsp3) is 0.385. The molecular formula is C13H15NO5. The molecule has 1 aliphatic heterocycles. The van der Waals surface area contributed by atoms with Crippen LogP contribution in [-0.2, 0) is 9.59 Å². The Hall–Kier alpha value is -2.08. The lowest BCUT2D eigenvalue weighted by molar-refractivity contribution is -0.146. The summed E-state index contributed by atoms with van der Waals surface area (Å²) in [6.45, 7) is 0.143. The predicted octanol–water partition coefficient (Wildman–Crippen LogP) is 0.114. The summed E-state index contributed by atoms with van der Waals surface area (Å²) < 4.78 is 5.44. The Balaban J connectivity index is 2.03. The van der Waals surface area contributed by atoms with Gasteiger partial charge in [-0.25, -0.2) is 4.79 Å². The third-order valence-electron chi connectivity index (χ3n) is 3.03. The highest BCUT2D eigenvalue weighted by Gasteiger charge is 2.28. The first-order chi connectivity index (χ1) is 9.09. The summed E-state index contributed by atoms with van der Waals surface area (Å²) in [5, 5.41) is 20.1. The van der Waals surface area contributed by atoms with E-state index in [0.29, 0.717) is 18.8 Å². The molecule has 0 spiro atoms. The van der Waals surface area contributed by atoms with Gasteiger partial charge in [0.25, 0.3) is 0 Å². The zero-order valence-corrected chi connectivity index (χ0v) is 10.2. The summed E-state index contributed by atoms with van der Waals surface area (Å²) in [4.78, 5) is 22.5. The Bertz CT molecular complexity index is 488. The monoisotopic (exact) mass is 265 g/mol. The van der Waals surface area contributed by atoms with E-state index in [9.17, 15) is 9.59 Å². The molecule has 1 unspecified atom stereocenters. The molecule has 2 rings (SSSR count). The van der Waals surface area contributed by atoms with Crippen molar-refractivity contribution >= 4 is 11.9 Å². The number of carbonyl (C=O) groups is 2. The largest absolute Gasteiger partial charge is 0.493 e. The van der Waals surface area contributed by atoms with Crippen LogP contribution in [0.1, 0.15) is 17.9 Å². The standard InChI is InChI=1S/C13H15NO5/c15-10(13(17)18)7-14-12(16)9-5-6-19-11-4-2-1-3-8(9)11/h1-4,9-10,15H,5-7H2,(H,14,16)(H,17,18)/t9?,10-/m0/s1. The molecule has 19 heavy (non-hydrogen) atoms. The fourth-order valence-electron chi connectivity index (χ4n) is 2.02. The number of ether oxygens (including phenoxy) is 1. The van der Waals surface area contributed by atoms with Gasteiger partial charge in [-0.05, 0) is 12.5 Å². The Labute approximate surface area is 110 Å². The van der Waals surface area contributed by atoms with E-state index in [4.69, 9.17) is 14.9 Å². The van der Waals surface area contributed by atoms with Gasteiger partial charge in [-0.2, -0.15) is 0 Å². The zero-order valence-electron chi connectivity index (χ0n) is 10.2. The second-order valence-electron chi connectivity index (χ2n) is 4.33. The molecule has 0 saturated carbocycles. The highest BCUT2D eigenvalue weighted by molar-refractivity contribution is 5.85. The fourth-order valence-corrected chi connectivity index (χ4v) is 2.02. The van der Waals surface area contributed by atoms with Crippen molar-refractivity contribution in [1.29, 1.82) is 0 Å². The highest BCUT2D eigenvalue weighted by Crippen LogP contribution is 2.33. The van der Waals surface area contributed by atoms with E-state index in [-0.39, 0.29) is 18.4 Å². The van der Waals surface area contributed by atoms with Gasteiger partial charge in [0.15, 0.2) is 6.10 Å². The van der Waals surface area contributed by atoms with Crippen LogP contribution in [0.2, 0.25) is 0 Å². The minimum Gasteiger partial charge on any atom is -0.493 e. The van der Waals surface area contributed by atoms with Gasteiger partial charge in [-0.3, -0.25) is 4.79 Å². The summed E-state index contributed by atoms with van der Waals surface area (Å²) in [5.74, 6) is -1.35. The number of para-hydroxylation sites is 1. The van der Waals surface area contributed by atoms with Gasteiger partial charge < -0.3 is 20.3 Å². The van der Waals surface area contributed by atoms with Crippen LogP contribution in [0.4, 0.5) is 0 Å². The van der Waals surface area contributed by atoms with Crippen molar-refractivity contribution in [2.75, 3.05) is 13.2 Å². The number of carboxylic acid groups (broad SMARTS) is 1.